The summed E-state index contributed by atoms with van der Waals surface area (Å²) >= 11 is 0. The maximum Gasteiger partial charge on any atom is 0.298 e. The van der Waals surface area contributed by atoms with Crippen LogP contribution >= 0.6 is 10.7 Å². The molecule has 0 amide bonds. The number of ether oxygens (including phenoxy) is 1. The van der Waals surface area contributed by atoms with Crippen molar-refractivity contribution in [2.45, 2.75) is 158 Å². The van der Waals surface area contributed by atoms with Gasteiger partial charge in [-0.2, -0.15) is 14.3 Å². The van der Waals surface area contributed by atoms with Crippen LogP contribution in [-0.4, -0.2) is 142 Å². The van der Waals surface area contributed by atoms with Gasteiger partial charge in [0.25, 0.3) is 29.4 Å². The summed E-state index contributed by atoms with van der Waals surface area (Å²) in [6.07, 6.45) is 17.5. The second-order valence-electron chi connectivity index (χ2n) is 21.1. The number of aromatic nitrogens is 6. The van der Waals surface area contributed by atoms with Gasteiger partial charge in [-0.25, -0.2) is 26.6 Å². The predicted molar refractivity (Wildman–Crippen MR) is 276 cm³/mol. The van der Waals surface area contributed by atoms with E-state index in [9.17, 15) is 16.8 Å². The van der Waals surface area contributed by atoms with Crippen LogP contribution in [0.1, 0.15) is 95.9 Å². The zero-order chi connectivity index (χ0) is 49.1. The van der Waals surface area contributed by atoms with E-state index in [0.29, 0.717) is 18.5 Å². The van der Waals surface area contributed by atoms with Gasteiger partial charge in [0.05, 0.1) is 0 Å². The molecule has 2 fully saturated rings. The van der Waals surface area contributed by atoms with Gasteiger partial charge in [-0.05, 0) is 201 Å². The van der Waals surface area contributed by atoms with Crippen molar-refractivity contribution in [1.82, 2.24) is 49.4 Å². The maximum absolute atomic E-state index is 13.1. The number of H-pyrrole nitrogens is 1. The molecule has 2 aliphatic heterocycles. The summed E-state index contributed by atoms with van der Waals surface area (Å²) in [5.74, 6) is 0.691. The number of piperidine rings is 2. The van der Waals surface area contributed by atoms with Crippen LogP contribution < -0.4 is 16.0 Å². The molecule has 380 valence electrons. The molecular formula is C48H75ClN12O5S2Si. The predicted octanol–water partition coefficient (Wildman–Crippen LogP) is 6.78. The van der Waals surface area contributed by atoms with E-state index in [0.717, 1.165) is 114 Å². The Morgan fingerprint density at radius 1 is 0.754 bits per heavy atom. The molecule has 4 aromatic rings. The van der Waals surface area contributed by atoms with E-state index in [2.05, 4.69) is 104 Å². The molecule has 6 aliphatic rings. The maximum atomic E-state index is 13.1. The number of halogens is 1. The number of sulfonamides is 1. The molecule has 0 spiro atoms. The smallest absolute Gasteiger partial charge is 0.298 e. The number of aryl methyl sites for hydroxylation is 4. The van der Waals surface area contributed by atoms with E-state index in [-0.39, 0.29) is 17.9 Å². The lowest BCUT2D eigenvalue weighted by atomic mass is 9.99. The molecule has 0 radical (unpaired) electrons. The Morgan fingerprint density at radius 2 is 1.25 bits per heavy atom. The first kappa shape index (κ1) is 51.9. The van der Waals surface area contributed by atoms with Crippen LogP contribution in [0.3, 0.4) is 0 Å². The number of nitrogens with one attached hydrogen (secondary N) is 4. The average molecular weight is 1030 g/mol. The first-order valence-corrected chi connectivity index (χ1v) is 32.6. The molecule has 69 heavy (non-hydrogen) atoms. The molecule has 17 nitrogen and oxygen atoms in total. The van der Waals surface area contributed by atoms with E-state index in [1.807, 2.05) is 0 Å². The Labute approximate surface area is 415 Å². The van der Waals surface area contributed by atoms with Gasteiger partial charge in [0.1, 0.15) is 6.73 Å². The van der Waals surface area contributed by atoms with Gasteiger partial charge in [-0.1, -0.05) is 31.8 Å². The zero-order valence-electron chi connectivity index (χ0n) is 41.9. The van der Waals surface area contributed by atoms with Crippen molar-refractivity contribution in [3.05, 3.63) is 56.6 Å². The quantitative estimate of drug-likeness (QED) is 0.0587. The minimum Gasteiger partial charge on any atom is -0.359 e. The molecule has 21 heteroatoms. The standard InChI is InChI=1S/C21H30N6O2S.C20H29ClN4O3SSi.C7H16N2/c1-26-11-9-16(10-12-26)27(2)30(28,29)21-23-20(24-25-21)22-19-17-7-3-5-14(17)13-15-6-4-8-18(15)19;1-30(2,3)11-10-28-13-25-19(23-20(24-25)29(21,26)27)22-18-16-8-4-6-14(16)12-15-7-5-9-17(15)18;1-8-7-3-5-9(2)6-4-7/h13,16H,3-12H2,1-2H3,(H2,22,23,24,25);12H,4-11,13H2,1-3H3,(H,22,23,24);7-8H,3-6H2,1-2H3. The molecular weight excluding hydrogens is 952 g/mol. The fourth-order valence-corrected chi connectivity index (χ4v) is 13.3. The highest BCUT2D eigenvalue weighted by molar-refractivity contribution is 8.13. The largest absolute Gasteiger partial charge is 0.359 e. The van der Waals surface area contributed by atoms with Crippen LogP contribution in [0.15, 0.2) is 22.4 Å². The van der Waals surface area contributed by atoms with Crippen LogP contribution in [0.4, 0.5) is 23.3 Å². The van der Waals surface area contributed by atoms with E-state index >= 15 is 0 Å². The van der Waals surface area contributed by atoms with Gasteiger partial charge in [0.15, 0.2) is 0 Å². The van der Waals surface area contributed by atoms with Gasteiger partial charge >= 0.3 is 0 Å². The minimum atomic E-state index is -4.03. The van der Waals surface area contributed by atoms with E-state index in [1.165, 1.54) is 92.3 Å². The van der Waals surface area contributed by atoms with E-state index in [4.69, 9.17) is 15.4 Å². The van der Waals surface area contributed by atoms with E-state index < -0.39 is 32.3 Å². The monoisotopic (exact) mass is 1030 g/mol. The molecule has 2 saturated heterocycles. The van der Waals surface area contributed by atoms with Gasteiger partial charge in [-0.3, -0.25) is 0 Å². The lowest BCUT2D eigenvalue weighted by Gasteiger charge is -2.33. The van der Waals surface area contributed by atoms with Crippen molar-refractivity contribution in [3.8, 4) is 0 Å². The molecule has 2 aromatic heterocycles. The topological polar surface area (TPSA) is 196 Å². The highest BCUT2D eigenvalue weighted by atomic mass is 35.7. The summed E-state index contributed by atoms with van der Waals surface area (Å²) in [4.78, 5) is 13.2. The van der Waals surface area contributed by atoms with Crippen LogP contribution in [-0.2, 0) is 81.9 Å². The third-order valence-corrected chi connectivity index (χ3v) is 19.4. The lowest BCUT2D eigenvalue weighted by Crippen LogP contribution is -2.44. The lowest BCUT2D eigenvalue weighted by molar-refractivity contribution is 0.0792. The summed E-state index contributed by atoms with van der Waals surface area (Å²) in [7, 11) is 4.52. The van der Waals surface area contributed by atoms with Gasteiger partial charge in [0.2, 0.25) is 11.9 Å². The fourth-order valence-electron chi connectivity index (χ4n) is 10.7. The molecule has 0 unspecified atom stereocenters. The Bertz CT molecular complexity index is 2590. The number of likely N-dealkylation sites (tertiary alicyclic amines) is 2. The Kier molecular flexibility index (Phi) is 16.6. The van der Waals surface area contributed by atoms with Gasteiger partial charge in [0, 0.05) is 55.9 Å². The number of nitrogens with zero attached hydrogens (tertiary/aromatic N) is 8. The van der Waals surface area contributed by atoms with Crippen molar-refractivity contribution in [2.75, 3.05) is 71.6 Å². The minimum absolute atomic E-state index is 0.00614. The third kappa shape index (κ3) is 12.6. The third-order valence-electron chi connectivity index (χ3n) is 14.9. The molecule has 2 aromatic carbocycles. The molecule has 4 aliphatic carbocycles. The zero-order valence-corrected chi connectivity index (χ0v) is 45.3. The van der Waals surface area contributed by atoms with Crippen LogP contribution in [0.2, 0.25) is 25.7 Å². The number of benzene rings is 2. The molecule has 4 heterocycles. The second kappa shape index (κ2) is 22.1. The van der Waals surface area contributed by atoms with Crippen molar-refractivity contribution in [3.63, 3.8) is 0 Å². The van der Waals surface area contributed by atoms with Crippen LogP contribution in [0.5, 0.6) is 0 Å². The van der Waals surface area contributed by atoms with Crippen molar-refractivity contribution < 1.29 is 21.6 Å². The number of hydrogen-bond donors (Lipinski definition) is 4. The Morgan fingerprint density at radius 3 is 1.72 bits per heavy atom. The highest BCUT2D eigenvalue weighted by Crippen LogP contribution is 2.41. The molecule has 0 atom stereocenters. The van der Waals surface area contributed by atoms with Crippen LogP contribution in [0.25, 0.3) is 0 Å². The Balaban J connectivity index is 0.000000158. The number of aromatic amines is 1. The summed E-state index contributed by atoms with van der Waals surface area (Å²) in [6, 6.07) is 6.52. The number of hydrogen-bond acceptors (Lipinski definition) is 14. The molecule has 4 N–H and O–H groups in total. The summed E-state index contributed by atoms with van der Waals surface area (Å²) in [5.41, 5.74) is 13.2. The number of rotatable bonds is 14. The molecule has 0 saturated carbocycles. The first-order chi connectivity index (χ1) is 32.9. The number of anilines is 4. The summed E-state index contributed by atoms with van der Waals surface area (Å²) in [5, 5.41) is 20.6. The van der Waals surface area contributed by atoms with Gasteiger partial charge in [-0.15, -0.1) is 10.2 Å². The normalized spacial score (nSPS) is 18.9. The molecule has 0 bridgehead atoms. The SMILES string of the molecule is CN1CCC(N(C)S(=O)(=O)c2nc(Nc3c4c(cc5c3CCC5)CCC4)n[nH]2)CC1.CNC1CCN(C)CC1.C[Si](C)(C)CCOCn1nc(S(=O)(=O)Cl)nc1Nc1c2c(cc3c1CCC3)CCC2. The second-order valence-corrected chi connectivity index (χ2v) is 31.1. The summed E-state index contributed by atoms with van der Waals surface area (Å²) in [6.45, 7) is 11.9. The Hall–Kier alpha value is -3.47. The van der Waals surface area contributed by atoms with Gasteiger partial charge < -0.3 is 30.5 Å². The van der Waals surface area contributed by atoms with Crippen molar-refractivity contribution >= 4 is 61.1 Å². The number of fused-ring (bicyclic) bond motifs is 4. The molecule has 10 rings (SSSR count). The van der Waals surface area contributed by atoms with Crippen molar-refractivity contribution in [1.29, 1.82) is 0 Å². The summed E-state index contributed by atoms with van der Waals surface area (Å²) < 4.78 is 58.6. The average Bonchev–Trinajstić information content (AvgIpc) is 4.18. The highest BCUT2D eigenvalue weighted by Gasteiger charge is 2.34. The van der Waals surface area contributed by atoms with Crippen molar-refractivity contribution in [2.24, 2.45) is 0 Å². The first-order valence-electron chi connectivity index (χ1n) is 25.2. The fraction of sp³-hybridized carbons (Fsp3) is 0.667. The van der Waals surface area contributed by atoms with E-state index in [1.54, 1.807) is 7.05 Å². The van der Waals surface area contributed by atoms with Crippen LogP contribution in [0, 0.1) is 0 Å².